The third-order valence-corrected chi connectivity index (χ3v) is 4.00. The fourth-order valence-corrected chi connectivity index (χ4v) is 2.78. The molecule has 19 heavy (non-hydrogen) atoms. The first-order chi connectivity index (χ1) is 8.87. The van der Waals surface area contributed by atoms with Gasteiger partial charge in [-0.3, -0.25) is 0 Å². The first-order valence-corrected chi connectivity index (χ1v) is 7.52. The second kappa shape index (κ2) is 5.72. The fourth-order valence-electron chi connectivity index (χ4n) is 2.61. The highest BCUT2D eigenvalue weighted by molar-refractivity contribution is 6.30. The Morgan fingerprint density at radius 3 is 2.68 bits per heavy atom. The molecular weight excluding hydrogens is 256 g/mol. The molecule has 2 rings (SSSR count). The zero-order chi connectivity index (χ0) is 14.0. The molecule has 0 saturated carbocycles. The second-order valence-corrected chi connectivity index (χ2v) is 7.08. The van der Waals surface area contributed by atoms with Gasteiger partial charge in [0.15, 0.2) is 0 Å². The van der Waals surface area contributed by atoms with Gasteiger partial charge in [0, 0.05) is 36.4 Å². The number of rotatable bonds is 4. The lowest BCUT2D eigenvalue weighted by Crippen LogP contribution is -2.26. The van der Waals surface area contributed by atoms with Gasteiger partial charge in [-0.15, -0.1) is 0 Å². The number of hydrogen-bond acceptors (Lipinski definition) is 2. The number of hydrogen-bond donors (Lipinski definition) is 1. The summed E-state index contributed by atoms with van der Waals surface area (Å²) in [6.45, 7) is 12.2. The van der Waals surface area contributed by atoms with Crippen LogP contribution in [0, 0.1) is 5.41 Å². The quantitative estimate of drug-likeness (QED) is 0.894. The molecule has 0 amide bonds. The standard InChI is InChI=1S/C16H25ClN2/c1-12(2)18-10-13-5-6-14(17)9-15(13)19-8-7-16(3,4)11-19/h5-6,9,12,18H,7-8,10-11H2,1-4H3. The summed E-state index contributed by atoms with van der Waals surface area (Å²) in [5.74, 6) is 0. The molecule has 1 heterocycles. The van der Waals surface area contributed by atoms with Gasteiger partial charge < -0.3 is 10.2 Å². The Morgan fingerprint density at radius 1 is 1.37 bits per heavy atom. The van der Waals surface area contributed by atoms with Crippen LogP contribution in [0.1, 0.15) is 39.7 Å². The van der Waals surface area contributed by atoms with E-state index in [4.69, 9.17) is 11.6 Å². The van der Waals surface area contributed by atoms with E-state index in [0.29, 0.717) is 11.5 Å². The predicted octanol–water partition coefficient (Wildman–Crippen LogP) is 4.07. The number of nitrogens with one attached hydrogen (secondary N) is 1. The van der Waals surface area contributed by atoms with Crippen LogP contribution in [0.15, 0.2) is 18.2 Å². The Hall–Kier alpha value is -0.730. The Balaban J connectivity index is 2.20. The van der Waals surface area contributed by atoms with Crippen molar-refractivity contribution >= 4 is 17.3 Å². The molecule has 1 aromatic carbocycles. The van der Waals surface area contributed by atoms with Gasteiger partial charge in [-0.1, -0.05) is 45.4 Å². The van der Waals surface area contributed by atoms with Gasteiger partial charge in [0.2, 0.25) is 0 Å². The molecule has 3 heteroatoms. The van der Waals surface area contributed by atoms with E-state index in [1.807, 2.05) is 6.07 Å². The third kappa shape index (κ3) is 3.87. The van der Waals surface area contributed by atoms with E-state index in [9.17, 15) is 0 Å². The van der Waals surface area contributed by atoms with Crippen LogP contribution >= 0.6 is 11.6 Å². The second-order valence-electron chi connectivity index (χ2n) is 6.64. The van der Waals surface area contributed by atoms with Crippen LogP contribution in [0.3, 0.4) is 0 Å². The first-order valence-electron chi connectivity index (χ1n) is 7.14. The monoisotopic (exact) mass is 280 g/mol. The summed E-state index contributed by atoms with van der Waals surface area (Å²) in [4.78, 5) is 2.48. The van der Waals surface area contributed by atoms with Crippen LogP contribution in [0.25, 0.3) is 0 Å². The molecule has 0 atom stereocenters. The maximum absolute atomic E-state index is 6.18. The molecule has 0 radical (unpaired) electrons. The lowest BCUT2D eigenvalue weighted by atomic mass is 9.93. The molecule has 1 aromatic rings. The van der Waals surface area contributed by atoms with E-state index in [1.54, 1.807) is 0 Å². The molecule has 2 nitrogen and oxygen atoms in total. The summed E-state index contributed by atoms with van der Waals surface area (Å²) in [7, 11) is 0. The summed E-state index contributed by atoms with van der Waals surface area (Å²) >= 11 is 6.18. The van der Waals surface area contributed by atoms with Gasteiger partial charge >= 0.3 is 0 Å². The molecule has 1 aliphatic heterocycles. The smallest absolute Gasteiger partial charge is 0.0426 e. The molecule has 0 spiro atoms. The van der Waals surface area contributed by atoms with E-state index in [2.05, 4.69) is 50.0 Å². The van der Waals surface area contributed by atoms with Crippen molar-refractivity contribution in [2.75, 3.05) is 18.0 Å². The lowest BCUT2D eigenvalue weighted by molar-refractivity contribution is 0.418. The highest BCUT2D eigenvalue weighted by Gasteiger charge is 2.30. The summed E-state index contributed by atoms with van der Waals surface area (Å²) in [6, 6.07) is 6.75. The Labute approximate surface area is 122 Å². The molecule has 0 aromatic heterocycles. The van der Waals surface area contributed by atoms with E-state index in [-0.39, 0.29) is 0 Å². The highest BCUT2D eigenvalue weighted by Crippen LogP contribution is 2.35. The highest BCUT2D eigenvalue weighted by atomic mass is 35.5. The van der Waals surface area contributed by atoms with Crippen LogP contribution in [-0.2, 0) is 6.54 Å². The van der Waals surface area contributed by atoms with Gasteiger partial charge in [-0.25, -0.2) is 0 Å². The number of nitrogens with zero attached hydrogens (tertiary/aromatic N) is 1. The van der Waals surface area contributed by atoms with Crippen molar-refractivity contribution in [1.82, 2.24) is 5.32 Å². The number of benzene rings is 1. The minimum atomic E-state index is 0.408. The molecule has 1 aliphatic rings. The summed E-state index contributed by atoms with van der Waals surface area (Å²) in [6.07, 6.45) is 1.25. The normalized spacial score (nSPS) is 18.3. The van der Waals surface area contributed by atoms with Gasteiger partial charge in [-0.05, 0) is 29.5 Å². The Morgan fingerprint density at radius 2 is 2.11 bits per heavy atom. The summed E-state index contributed by atoms with van der Waals surface area (Å²) in [5.41, 5.74) is 3.05. The maximum atomic E-state index is 6.18. The van der Waals surface area contributed by atoms with Gasteiger partial charge in [0.25, 0.3) is 0 Å². The van der Waals surface area contributed by atoms with Crippen molar-refractivity contribution in [3.63, 3.8) is 0 Å². The molecule has 1 N–H and O–H groups in total. The molecule has 0 bridgehead atoms. The van der Waals surface area contributed by atoms with Gasteiger partial charge in [0.1, 0.15) is 0 Å². The molecule has 0 unspecified atom stereocenters. The molecule has 0 aliphatic carbocycles. The zero-order valence-corrected chi connectivity index (χ0v) is 13.2. The molecule has 1 saturated heterocycles. The van der Waals surface area contributed by atoms with Gasteiger partial charge in [0.05, 0.1) is 0 Å². The van der Waals surface area contributed by atoms with Crippen LogP contribution < -0.4 is 10.2 Å². The van der Waals surface area contributed by atoms with Gasteiger partial charge in [-0.2, -0.15) is 0 Å². The number of halogens is 1. The Bertz CT molecular complexity index is 440. The summed E-state index contributed by atoms with van der Waals surface area (Å²) in [5, 5.41) is 4.32. The largest absolute Gasteiger partial charge is 0.371 e. The fraction of sp³-hybridized carbons (Fsp3) is 0.625. The minimum absolute atomic E-state index is 0.408. The van der Waals surface area contributed by atoms with Crippen LogP contribution in [0.4, 0.5) is 5.69 Å². The van der Waals surface area contributed by atoms with Crippen LogP contribution in [-0.4, -0.2) is 19.1 Å². The average Bonchev–Trinajstić information content (AvgIpc) is 2.68. The minimum Gasteiger partial charge on any atom is -0.371 e. The van der Waals surface area contributed by atoms with Crippen molar-refractivity contribution in [2.45, 2.75) is 46.7 Å². The van der Waals surface area contributed by atoms with E-state index in [0.717, 1.165) is 24.7 Å². The topological polar surface area (TPSA) is 15.3 Å². The van der Waals surface area contributed by atoms with Crippen molar-refractivity contribution in [3.8, 4) is 0 Å². The van der Waals surface area contributed by atoms with Crippen LogP contribution in [0.2, 0.25) is 5.02 Å². The molecule has 1 fully saturated rings. The number of anilines is 1. The van der Waals surface area contributed by atoms with Crippen molar-refractivity contribution < 1.29 is 0 Å². The van der Waals surface area contributed by atoms with Crippen molar-refractivity contribution in [1.29, 1.82) is 0 Å². The SMILES string of the molecule is CC(C)NCc1ccc(Cl)cc1N1CCC(C)(C)C1. The van der Waals surface area contributed by atoms with E-state index >= 15 is 0 Å². The summed E-state index contributed by atoms with van der Waals surface area (Å²) < 4.78 is 0. The van der Waals surface area contributed by atoms with Crippen LogP contribution in [0.5, 0.6) is 0 Å². The average molecular weight is 281 g/mol. The lowest BCUT2D eigenvalue weighted by Gasteiger charge is -2.25. The van der Waals surface area contributed by atoms with Crippen molar-refractivity contribution in [3.05, 3.63) is 28.8 Å². The molecule has 106 valence electrons. The van der Waals surface area contributed by atoms with Crippen molar-refractivity contribution in [2.24, 2.45) is 5.41 Å². The first kappa shape index (κ1) is 14.7. The Kier molecular flexibility index (Phi) is 4.42. The zero-order valence-electron chi connectivity index (χ0n) is 12.5. The van der Waals surface area contributed by atoms with E-state index in [1.165, 1.54) is 17.7 Å². The maximum Gasteiger partial charge on any atom is 0.0426 e. The third-order valence-electron chi connectivity index (χ3n) is 3.77. The predicted molar refractivity (Wildman–Crippen MR) is 84.0 cm³/mol. The molecular formula is C16H25ClN2. The van der Waals surface area contributed by atoms with E-state index < -0.39 is 0 Å².